The Hall–Kier alpha value is -1.69. The summed E-state index contributed by atoms with van der Waals surface area (Å²) in [4.78, 5) is 24.7. The molecule has 0 aromatic heterocycles. The average Bonchev–Trinajstić information content (AvgIpc) is 2.52. The zero-order chi connectivity index (χ0) is 18.7. The Morgan fingerprint density at radius 1 is 1.00 bits per heavy atom. The minimum Gasteiger partial charge on any atom is -0.300 e. The lowest BCUT2D eigenvalue weighted by Crippen LogP contribution is -2.39. The van der Waals surface area contributed by atoms with E-state index in [9.17, 15) is 18.0 Å². The molecule has 1 heterocycles. The van der Waals surface area contributed by atoms with Crippen molar-refractivity contribution in [1.29, 1.82) is 0 Å². The third kappa shape index (κ3) is 5.14. The second-order valence-corrected chi connectivity index (χ2v) is 9.48. The lowest BCUT2D eigenvalue weighted by molar-refractivity contribution is -0.126. The van der Waals surface area contributed by atoms with Crippen LogP contribution in [0.25, 0.3) is 0 Å². The molecular formula is C19H27NO4S. The zero-order valence-electron chi connectivity index (χ0n) is 15.2. The monoisotopic (exact) mass is 365 g/mol. The number of carbonyl (C=O) groups is 2. The molecule has 25 heavy (non-hydrogen) atoms. The third-order valence-electron chi connectivity index (χ3n) is 4.65. The molecule has 0 bridgehead atoms. The van der Waals surface area contributed by atoms with Crippen LogP contribution in [0.2, 0.25) is 0 Å². The van der Waals surface area contributed by atoms with Gasteiger partial charge in [-0.15, -0.1) is 0 Å². The number of amides is 1. The Morgan fingerprint density at radius 2 is 1.60 bits per heavy atom. The molecule has 0 N–H and O–H groups in total. The number of hydrogen-bond donors (Lipinski definition) is 0. The topological polar surface area (TPSA) is 71.5 Å². The molecule has 0 unspecified atom stereocenters. The SMILES string of the molecule is Cc1ccc(S(=O)(=O)N2CCC(C)(C)CC(=O)CCCCC2=O)cc1. The summed E-state index contributed by atoms with van der Waals surface area (Å²) in [6.07, 6.45) is 2.65. The Labute approximate surface area is 150 Å². The van der Waals surface area contributed by atoms with E-state index < -0.39 is 10.0 Å². The molecule has 6 heteroatoms. The molecule has 1 aromatic rings. The minimum atomic E-state index is -3.87. The normalized spacial score (nSPS) is 20.2. The summed E-state index contributed by atoms with van der Waals surface area (Å²) >= 11 is 0. The molecule has 0 aliphatic carbocycles. The molecule has 2 rings (SSSR count). The van der Waals surface area contributed by atoms with Crippen molar-refractivity contribution in [2.45, 2.75) is 64.2 Å². The van der Waals surface area contributed by atoms with E-state index in [1.54, 1.807) is 12.1 Å². The van der Waals surface area contributed by atoms with Crippen molar-refractivity contribution in [3.8, 4) is 0 Å². The van der Waals surface area contributed by atoms with Crippen molar-refractivity contribution < 1.29 is 18.0 Å². The molecule has 0 saturated carbocycles. The number of benzene rings is 1. The van der Waals surface area contributed by atoms with E-state index in [2.05, 4.69) is 0 Å². The maximum absolute atomic E-state index is 13.0. The van der Waals surface area contributed by atoms with Crippen LogP contribution in [0.4, 0.5) is 0 Å². The Bertz CT molecular complexity index is 735. The fourth-order valence-corrected chi connectivity index (χ4v) is 4.48. The van der Waals surface area contributed by atoms with Crippen molar-refractivity contribution in [3.05, 3.63) is 29.8 Å². The summed E-state index contributed by atoms with van der Waals surface area (Å²) in [5, 5.41) is 0. The average molecular weight is 365 g/mol. The van der Waals surface area contributed by atoms with Crippen molar-refractivity contribution in [3.63, 3.8) is 0 Å². The van der Waals surface area contributed by atoms with Crippen LogP contribution >= 0.6 is 0 Å². The van der Waals surface area contributed by atoms with Crippen LogP contribution in [0.15, 0.2) is 29.2 Å². The number of Topliss-reactive ketones (excluding diaryl/α,β-unsaturated/α-hetero) is 1. The van der Waals surface area contributed by atoms with Gasteiger partial charge < -0.3 is 0 Å². The van der Waals surface area contributed by atoms with Gasteiger partial charge in [0.15, 0.2) is 0 Å². The van der Waals surface area contributed by atoms with Gasteiger partial charge >= 0.3 is 0 Å². The first-order valence-electron chi connectivity index (χ1n) is 8.76. The quantitative estimate of drug-likeness (QED) is 0.804. The van der Waals surface area contributed by atoms with E-state index in [0.717, 1.165) is 9.87 Å². The number of nitrogens with zero attached hydrogens (tertiary/aromatic N) is 1. The molecule has 1 amide bonds. The Morgan fingerprint density at radius 3 is 2.24 bits per heavy atom. The van der Waals surface area contributed by atoms with Gasteiger partial charge in [-0.25, -0.2) is 12.7 Å². The van der Waals surface area contributed by atoms with Crippen LogP contribution in [0.1, 0.15) is 57.9 Å². The first-order valence-corrected chi connectivity index (χ1v) is 10.2. The zero-order valence-corrected chi connectivity index (χ0v) is 16.1. The smallest absolute Gasteiger partial charge is 0.266 e. The molecule has 0 spiro atoms. The van der Waals surface area contributed by atoms with Crippen LogP contribution in [-0.4, -0.2) is 31.0 Å². The lowest BCUT2D eigenvalue weighted by atomic mass is 9.83. The van der Waals surface area contributed by atoms with Gasteiger partial charge in [0.1, 0.15) is 5.78 Å². The summed E-state index contributed by atoms with van der Waals surface area (Å²) < 4.78 is 27.0. The van der Waals surface area contributed by atoms with Gasteiger partial charge in [-0.1, -0.05) is 31.5 Å². The summed E-state index contributed by atoms with van der Waals surface area (Å²) in [5.41, 5.74) is 0.630. The van der Waals surface area contributed by atoms with E-state index in [1.807, 2.05) is 20.8 Å². The van der Waals surface area contributed by atoms with Crippen LogP contribution < -0.4 is 0 Å². The third-order valence-corrected chi connectivity index (χ3v) is 6.49. The van der Waals surface area contributed by atoms with Crippen molar-refractivity contribution in [2.24, 2.45) is 5.41 Å². The van der Waals surface area contributed by atoms with E-state index in [-0.39, 0.29) is 35.0 Å². The molecule has 1 saturated heterocycles. The van der Waals surface area contributed by atoms with Gasteiger partial charge in [-0.05, 0) is 43.7 Å². The van der Waals surface area contributed by atoms with Crippen LogP contribution in [0.3, 0.4) is 0 Å². The second kappa shape index (κ2) is 7.68. The molecule has 1 aliphatic rings. The molecule has 5 nitrogen and oxygen atoms in total. The standard InChI is InChI=1S/C19H27NO4S/c1-15-8-10-17(11-9-15)25(23,24)20-13-12-19(2,3)14-16(21)6-4-5-7-18(20)22/h8-11H,4-7,12-14H2,1-3H3. The number of ketones is 1. The highest BCUT2D eigenvalue weighted by molar-refractivity contribution is 7.89. The Balaban J connectivity index is 2.32. The predicted octanol–water partition coefficient (Wildman–Crippen LogP) is 3.46. The maximum atomic E-state index is 13.0. The largest absolute Gasteiger partial charge is 0.300 e. The molecule has 1 fully saturated rings. The van der Waals surface area contributed by atoms with Crippen molar-refractivity contribution >= 4 is 21.7 Å². The van der Waals surface area contributed by atoms with Crippen molar-refractivity contribution in [1.82, 2.24) is 4.31 Å². The first kappa shape index (κ1) is 19.6. The van der Waals surface area contributed by atoms with Crippen LogP contribution in [0.5, 0.6) is 0 Å². The maximum Gasteiger partial charge on any atom is 0.266 e. The summed E-state index contributed by atoms with van der Waals surface area (Å²) in [5.74, 6) is -0.196. The number of sulfonamides is 1. The molecule has 1 aliphatic heterocycles. The number of hydrogen-bond acceptors (Lipinski definition) is 4. The van der Waals surface area contributed by atoms with Gasteiger partial charge in [0.25, 0.3) is 10.0 Å². The summed E-state index contributed by atoms with van der Waals surface area (Å²) in [6.45, 7) is 5.89. The van der Waals surface area contributed by atoms with Crippen LogP contribution in [-0.2, 0) is 19.6 Å². The fraction of sp³-hybridized carbons (Fsp3) is 0.579. The summed E-state index contributed by atoms with van der Waals surface area (Å²) in [7, 11) is -3.87. The predicted molar refractivity (Wildman–Crippen MR) is 96.6 cm³/mol. The molecule has 1 aromatic carbocycles. The molecule has 138 valence electrons. The Kier molecular flexibility index (Phi) is 6.03. The fourth-order valence-electron chi connectivity index (χ4n) is 3.05. The van der Waals surface area contributed by atoms with E-state index in [1.165, 1.54) is 12.1 Å². The van der Waals surface area contributed by atoms with Gasteiger partial charge in [0.05, 0.1) is 4.90 Å². The number of rotatable bonds is 2. The van der Waals surface area contributed by atoms with Gasteiger partial charge in [-0.2, -0.15) is 0 Å². The lowest BCUT2D eigenvalue weighted by Gasteiger charge is -2.28. The van der Waals surface area contributed by atoms with Gasteiger partial charge in [0, 0.05) is 25.8 Å². The van der Waals surface area contributed by atoms with Gasteiger partial charge in [0.2, 0.25) is 5.91 Å². The van der Waals surface area contributed by atoms with E-state index in [4.69, 9.17) is 0 Å². The highest BCUT2D eigenvalue weighted by Gasteiger charge is 2.32. The molecular weight excluding hydrogens is 338 g/mol. The highest BCUT2D eigenvalue weighted by atomic mass is 32.2. The van der Waals surface area contributed by atoms with E-state index in [0.29, 0.717) is 32.1 Å². The summed E-state index contributed by atoms with van der Waals surface area (Å²) in [6, 6.07) is 6.54. The van der Waals surface area contributed by atoms with Crippen LogP contribution in [0, 0.1) is 12.3 Å². The van der Waals surface area contributed by atoms with Gasteiger partial charge in [-0.3, -0.25) is 9.59 Å². The number of aryl methyl sites for hydroxylation is 1. The molecule has 0 radical (unpaired) electrons. The van der Waals surface area contributed by atoms with E-state index >= 15 is 0 Å². The molecule has 0 atom stereocenters. The first-order chi connectivity index (χ1) is 11.6. The van der Waals surface area contributed by atoms with Crippen molar-refractivity contribution in [2.75, 3.05) is 6.54 Å². The minimum absolute atomic E-state index is 0.106. The second-order valence-electron chi connectivity index (χ2n) is 7.62. The highest BCUT2D eigenvalue weighted by Crippen LogP contribution is 2.29. The number of carbonyl (C=O) groups excluding carboxylic acids is 2.